The molecule has 5 N–H and O–H groups in total. The van der Waals surface area contributed by atoms with Crippen LogP contribution in [0.3, 0.4) is 0 Å². The van der Waals surface area contributed by atoms with Crippen molar-refractivity contribution in [2.75, 3.05) is 47.9 Å². The van der Waals surface area contributed by atoms with Crippen LogP contribution in [0.15, 0.2) is 18.3 Å². The van der Waals surface area contributed by atoms with Crippen molar-refractivity contribution >= 4 is 40.4 Å². The molecule has 12 heteroatoms. The Hall–Kier alpha value is -4.27. The SMILES string of the molecule is CC(Nc1nc(N)nc(N)c1C#N)c1nc2ccn(C)c2cc1N1CCN(C(=O)OC(C)(C)C)CC1. The summed E-state index contributed by atoms with van der Waals surface area (Å²) in [5.41, 5.74) is 14.8. The standard InChI is InChI=1S/C24H32N10O2/c1-14(28-21-15(13-25)20(26)30-22(27)31-21)19-18(12-17-16(29-19)6-7-32(17)5)33-8-10-34(11-9-33)23(35)36-24(2,3)4/h6-7,12,14H,8-11H2,1-5H3,(H5,26,27,28,30,31). The number of anilines is 4. The molecule has 1 atom stereocenters. The molecule has 4 heterocycles. The lowest BCUT2D eigenvalue weighted by atomic mass is 10.1. The Labute approximate surface area is 209 Å². The van der Waals surface area contributed by atoms with Crippen molar-refractivity contribution in [3.63, 3.8) is 0 Å². The molecule has 1 saturated heterocycles. The number of pyridine rings is 1. The topological polar surface area (TPSA) is 164 Å². The van der Waals surface area contributed by atoms with Gasteiger partial charge in [-0.2, -0.15) is 15.2 Å². The van der Waals surface area contributed by atoms with Gasteiger partial charge in [0.1, 0.15) is 23.1 Å². The molecule has 3 aromatic heterocycles. The minimum absolute atomic E-state index is 0.0182. The number of nitrogens with zero attached hydrogens (tertiary/aromatic N) is 7. The van der Waals surface area contributed by atoms with Gasteiger partial charge in [-0.05, 0) is 39.8 Å². The zero-order valence-electron chi connectivity index (χ0n) is 21.2. The molecule has 36 heavy (non-hydrogen) atoms. The molecule has 0 aromatic carbocycles. The van der Waals surface area contributed by atoms with E-state index < -0.39 is 5.60 Å². The third kappa shape index (κ3) is 5.05. The van der Waals surface area contributed by atoms with Gasteiger partial charge in [-0.3, -0.25) is 0 Å². The van der Waals surface area contributed by atoms with Crippen LogP contribution in [0.4, 0.5) is 28.1 Å². The average molecular weight is 493 g/mol. The fraction of sp³-hybridized carbons (Fsp3) is 0.458. The fourth-order valence-corrected chi connectivity index (χ4v) is 4.20. The first-order valence-electron chi connectivity index (χ1n) is 11.8. The predicted octanol–water partition coefficient (Wildman–Crippen LogP) is 2.63. The molecule has 1 aliphatic heterocycles. The number of rotatable bonds is 4. The third-order valence-corrected chi connectivity index (χ3v) is 5.98. The van der Waals surface area contributed by atoms with Crippen molar-refractivity contribution in [3.05, 3.63) is 29.6 Å². The molecule has 0 aliphatic carbocycles. The third-order valence-electron chi connectivity index (χ3n) is 5.98. The van der Waals surface area contributed by atoms with Gasteiger partial charge in [-0.15, -0.1) is 0 Å². The van der Waals surface area contributed by atoms with Crippen LogP contribution < -0.4 is 21.7 Å². The van der Waals surface area contributed by atoms with E-state index >= 15 is 0 Å². The van der Waals surface area contributed by atoms with Crippen LogP contribution in [0.5, 0.6) is 0 Å². The largest absolute Gasteiger partial charge is 0.444 e. The molecular formula is C24H32N10O2. The summed E-state index contributed by atoms with van der Waals surface area (Å²) < 4.78 is 7.55. The number of hydrogen-bond donors (Lipinski definition) is 3. The van der Waals surface area contributed by atoms with Gasteiger partial charge in [0.15, 0.2) is 5.82 Å². The molecule has 12 nitrogen and oxygen atoms in total. The van der Waals surface area contributed by atoms with Crippen molar-refractivity contribution in [1.29, 1.82) is 5.26 Å². The number of piperazine rings is 1. The van der Waals surface area contributed by atoms with E-state index in [0.717, 1.165) is 22.4 Å². The number of nitriles is 1. The number of ether oxygens (including phenoxy) is 1. The quantitative estimate of drug-likeness (QED) is 0.493. The van der Waals surface area contributed by atoms with Crippen molar-refractivity contribution in [3.8, 4) is 6.07 Å². The fourth-order valence-electron chi connectivity index (χ4n) is 4.20. The van der Waals surface area contributed by atoms with Gasteiger partial charge in [0.05, 0.1) is 28.5 Å². The molecule has 1 aliphatic rings. The highest BCUT2D eigenvalue weighted by Crippen LogP contribution is 2.32. The van der Waals surface area contributed by atoms with Crippen LogP contribution in [0.1, 0.15) is 45.0 Å². The summed E-state index contributed by atoms with van der Waals surface area (Å²) in [6.45, 7) is 9.81. The summed E-state index contributed by atoms with van der Waals surface area (Å²) in [7, 11) is 1.97. The lowest BCUT2D eigenvalue weighted by Gasteiger charge is -2.37. The number of amides is 1. The van der Waals surface area contributed by atoms with Gasteiger partial charge in [0.2, 0.25) is 5.95 Å². The van der Waals surface area contributed by atoms with Crippen molar-refractivity contribution < 1.29 is 9.53 Å². The van der Waals surface area contributed by atoms with Gasteiger partial charge >= 0.3 is 6.09 Å². The number of carbonyl (C=O) groups is 1. The number of carbonyl (C=O) groups excluding carboxylic acids is 1. The predicted molar refractivity (Wildman–Crippen MR) is 138 cm³/mol. The van der Waals surface area contributed by atoms with Gasteiger partial charge < -0.3 is 35.9 Å². The van der Waals surface area contributed by atoms with E-state index in [9.17, 15) is 10.1 Å². The smallest absolute Gasteiger partial charge is 0.410 e. The Morgan fingerprint density at radius 2 is 1.89 bits per heavy atom. The lowest BCUT2D eigenvalue weighted by Crippen LogP contribution is -2.50. The molecule has 4 rings (SSSR count). The van der Waals surface area contributed by atoms with Gasteiger partial charge in [0, 0.05) is 39.4 Å². The van der Waals surface area contributed by atoms with E-state index in [1.54, 1.807) is 4.90 Å². The first-order chi connectivity index (χ1) is 17.0. The second kappa shape index (κ2) is 9.41. The molecule has 1 fully saturated rings. The van der Waals surface area contributed by atoms with Crippen LogP contribution in [-0.2, 0) is 11.8 Å². The minimum atomic E-state index is -0.542. The van der Waals surface area contributed by atoms with E-state index in [-0.39, 0.29) is 35.3 Å². The maximum Gasteiger partial charge on any atom is 0.410 e. The van der Waals surface area contributed by atoms with E-state index in [0.29, 0.717) is 26.2 Å². The van der Waals surface area contributed by atoms with Crippen LogP contribution in [-0.4, -0.2) is 62.3 Å². The van der Waals surface area contributed by atoms with Crippen molar-refractivity contribution in [1.82, 2.24) is 24.4 Å². The van der Waals surface area contributed by atoms with Crippen molar-refractivity contribution in [2.24, 2.45) is 7.05 Å². The molecular weight excluding hydrogens is 460 g/mol. The highest BCUT2D eigenvalue weighted by atomic mass is 16.6. The minimum Gasteiger partial charge on any atom is -0.444 e. The summed E-state index contributed by atoms with van der Waals surface area (Å²) in [4.78, 5) is 29.5. The summed E-state index contributed by atoms with van der Waals surface area (Å²) in [5.74, 6) is 0.251. The Morgan fingerprint density at radius 1 is 1.19 bits per heavy atom. The molecule has 0 spiro atoms. The Morgan fingerprint density at radius 3 is 2.53 bits per heavy atom. The lowest BCUT2D eigenvalue weighted by molar-refractivity contribution is 0.0240. The Bertz CT molecular complexity index is 1330. The maximum absolute atomic E-state index is 12.5. The van der Waals surface area contributed by atoms with E-state index in [4.69, 9.17) is 21.2 Å². The van der Waals surface area contributed by atoms with E-state index in [2.05, 4.69) is 26.3 Å². The molecule has 0 bridgehead atoms. The molecule has 3 aromatic rings. The second-order valence-corrected chi connectivity index (χ2v) is 9.85. The molecule has 1 unspecified atom stereocenters. The van der Waals surface area contributed by atoms with Crippen LogP contribution in [0.2, 0.25) is 0 Å². The highest BCUT2D eigenvalue weighted by Gasteiger charge is 2.28. The summed E-state index contributed by atoms with van der Waals surface area (Å²) in [6.07, 6.45) is 1.65. The highest BCUT2D eigenvalue weighted by molar-refractivity contribution is 5.81. The number of aryl methyl sites for hydroxylation is 1. The average Bonchev–Trinajstić information content (AvgIpc) is 3.17. The number of nitrogen functional groups attached to an aromatic ring is 2. The molecule has 190 valence electrons. The van der Waals surface area contributed by atoms with Gasteiger partial charge in [-0.25, -0.2) is 9.78 Å². The number of aromatic nitrogens is 4. The van der Waals surface area contributed by atoms with Gasteiger partial charge in [0.25, 0.3) is 0 Å². The number of nitrogens with two attached hydrogens (primary N) is 2. The second-order valence-electron chi connectivity index (χ2n) is 9.85. The van der Waals surface area contributed by atoms with E-state index in [1.165, 1.54) is 0 Å². The molecule has 0 saturated carbocycles. The number of nitrogens with one attached hydrogen (secondary N) is 1. The zero-order valence-corrected chi connectivity index (χ0v) is 21.2. The molecule has 1 amide bonds. The Kier molecular flexibility index (Phi) is 6.49. The van der Waals surface area contributed by atoms with Gasteiger partial charge in [-0.1, -0.05) is 0 Å². The Balaban J connectivity index is 1.64. The first kappa shape index (κ1) is 24.8. The first-order valence-corrected chi connectivity index (χ1v) is 11.8. The monoisotopic (exact) mass is 492 g/mol. The zero-order chi connectivity index (χ0) is 26.2. The maximum atomic E-state index is 12.5. The van der Waals surface area contributed by atoms with E-state index in [1.807, 2.05) is 57.6 Å². The van der Waals surface area contributed by atoms with Crippen LogP contribution in [0.25, 0.3) is 11.0 Å². The van der Waals surface area contributed by atoms with Crippen LogP contribution in [0, 0.1) is 11.3 Å². The van der Waals surface area contributed by atoms with Crippen molar-refractivity contribution in [2.45, 2.75) is 39.3 Å². The van der Waals surface area contributed by atoms with Crippen LogP contribution >= 0.6 is 0 Å². The summed E-state index contributed by atoms with van der Waals surface area (Å²) in [6, 6.07) is 5.76. The number of fused-ring (bicyclic) bond motifs is 1. The summed E-state index contributed by atoms with van der Waals surface area (Å²) in [5, 5.41) is 12.8. The normalized spacial score (nSPS) is 15.0. The molecule has 0 radical (unpaired) electrons. The number of hydrogen-bond acceptors (Lipinski definition) is 10. The summed E-state index contributed by atoms with van der Waals surface area (Å²) >= 11 is 0.